The molecular formula is C54H74O12. The Balaban J connectivity index is 0.000000162. The largest absolute Gasteiger partial charge is 0.431 e. The van der Waals surface area contributed by atoms with Crippen molar-refractivity contribution in [3.05, 3.63) is 92.1 Å². The Kier molecular flexibility index (Phi) is 11.8. The van der Waals surface area contributed by atoms with Crippen molar-refractivity contribution in [3.63, 3.8) is 0 Å². The summed E-state index contributed by atoms with van der Waals surface area (Å²) in [6.45, 7) is 10.9. The van der Waals surface area contributed by atoms with Crippen LogP contribution in [0.25, 0.3) is 0 Å². The summed E-state index contributed by atoms with van der Waals surface area (Å²) in [6, 6.07) is 6.76. The van der Waals surface area contributed by atoms with Crippen molar-refractivity contribution in [1.82, 2.24) is 0 Å². The molecule has 0 aromatic carbocycles. The molecule has 362 valence electrons. The molecule has 1 saturated heterocycles. The summed E-state index contributed by atoms with van der Waals surface area (Å²) in [7, 11) is 0. The van der Waals surface area contributed by atoms with Crippen molar-refractivity contribution in [3.8, 4) is 0 Å². The highest BCUT2D eigenvalue weighted by atomic mass is 16.7. The smallest absolute Gasteiger partial charge is 0.335 e. The van der Waals surface area contributed by atoms with E-state index >= 15 is 0 Å². The molecule has 6 N–H and O–H groups in total. The standard InChI is InChI=1S/C30H42O8.C24H32O4/c1-16-24(32)25(33)26(34)27(37-16)38-19-8-11-28(2)18(14-19)5-6-22-21(28)9-12-29(3)20(10-13-30(22,29)35)17-4-7-23(31)36-15-17;1-22-10-7-17(25)13-16(22)4-5-20-19(22)8-11-23(2)18(9-12-24(20,23)27)15-3-6-21(26)28-14-15/h4,7,14-16,19-22,24-27,32-35H,5-6,8-13H2,1-3H3;3,6,13-14,17-20,25,27H,4-5,7-12H2,1-2H3/t16-,19-,20+,21?,22?,24-,25+,26+,27-,28-,29+,30-;17-,18+,19?,20?,22-,23+,24-/m00/s1. The number of hydrogen-bond acceptors (Lipinski definition) is 12. The van der Waals surface area contributed by atoms with Crippen LogP contribution in [0.4, 0.5) is 0 Å². The van der Waals surface area contributed by atoms with Crippen LogP contribution in [0.1, 0.15) is 160 Å². The highest BCUT2D eigenvalue weighted by Gasteiger charge is 2.68. The molecule has 4 unspecified atom stereocenters. The lowest BCUT2D eigenvalue weighted by atomic mass is 9.45. The predicted molar refractivity (Wildman–Crippen MR) is 245 cm³/mol. The summed E-state index contributed by atoms with van der Waals surface area (Å²) in [4.78, 5) is 22.9. The van der Waals surface area contributed by atoms with E-state index in [9.17, 15) is 40.2 Å². The fraction of sp³-hybridized carbons (Fsp3) is 0.741. The fourth-order valence-electron chi connectivity index (χ4n) is 17.0. The topological polar surface area (TPSA) is 200 Å². The Morgan fingerprint density at radius 1 is 0.561 bits per heavy atom. The average molecular weight is 915 g/mol. The van der Waals surface area contributed by atoms with Gasteiger partial charge in [0.25, 0.3) is 0 Å². The van der Waals surface area contributed by atoms with Crippen LogP contribution in [-0.2, 0) is 9.47 Å². The second-order valence-electron chi connectivity index (χ2n) is 23.4. The minimum atomic E-state index is -1.31. The van der Waals surface area contributed by atoms with Gasteiger partial charge in [-0.25, -0.2) is 9.59 Å². The first-order chi connectivity index (χ1) is 31.3. The molecule has 9 aliphatic rings. The van der Waals surface area contributed by atoms with Crippen molar-refractivity contribution in [2.75, 3.05) is 0 Å². The van der Waals surface area contributed by atoms with Gasteiger partial charge in [-0.3, -0.25) is 0 Å². The minimum absolute atomic E-state index is 0.0213. The van der Waals surface area contributed by atoms with E-state index in [1.54, 1.807) is 19.5 Å². The van der Waals surface area contributed by atoms with E-state index in [1.807, 2.05) is 12.1 Å². The third-order valence-corrected chi connectivity index (χ3v) is 20.9. The van der Waals surface area contributed by atoms with Crippen molar-refractivity contribution in [1.29, 1.82) is 0 Å². The maximum atomic E-state index is 12.4. The molecule has 3 heterocycles. The molecule has 1 aliphatic heterocycles. The number of fused-ring (bicyclic) bond motifs is 10. The molecule has 2 aromatic rings. The number of allylic oxidation sites excluding steroid dienone is 2. The van der Waals surface area contributed by atoms with E-state index in [1.165, 1.54) is 23.3 Å². The van der Waals surface area contributed by atoms with Crippen molar-refractivity contribution in [2.45, 2.75) is 203 Å². The van der Waals surface area contributed by atoms with Crippen molar-refractivity contribution >= 4 is 0 Å². The molecule has 0 radical (unpaired) electrons. The van der Waals surface area contributed by atoms with Gasteiger partial charge in [-0.05, 0) is 179 Å². The molecule has 0 bridgehead atoms. The molecule has 11 rings (SSSR count). The summed E-state index contributed by atoms with van der Waals surface area (Å²) in [5.74, 6) is 1.80. The predicted octanol–water partition coefficient (Wildman–Crippen LogP) is 7.18. The van der Waals surface area contributed by atoms with E-state index in [-0.39, 0.29) is 62.9 Å². The molecule has 0 spiro atoms. The normalized spacial score (nSPS) is 49.3. The van der Waals surface area contributed by atoms with Gasteiger partial charge in [-0.2, -0.15) is 0 Å². The molecule has 12 heteroatoms. The Labute approximate surface area is 388 Å². The molecule has 66 heavy (non-hydrogen) atoms. The summed E-state index contributed by atoms with van der Waals surface area (Å²) in [6.07, 6.45) is 16.5. The van der Waals surface area contributed by atoms with E-state index < -0.39 is 41.9 Å². The summed E-state index contributed by atoms with van der Waals surface area (Å²) in [5.41, 5.74) is 2.44. The van der Waals surface area contributed by atoms with Crippen LogP contribution >= 0.6 is 0 Å². The number of rotatable bonds is 4. The highest BCUT2D eigenvalue weighted by Crippen LogP contribution is 2.72. The second kappa shape index (κ2) is 16.6. The zero-order valence-electron chi connectivity index (χ0n) is 39.6. The van der Waals surface area contributed by atoms with E-state index in [4.69, 9.17) is 18.3 Å². The monoisotopic (exact) mass is 915 g/mol. The Morgan fingerprint density at radius 3 is 1.56 bits per heavy atom. The molecule has 6 saturated carbocycles. The Hall–Kier alpha value is -2.94. The Morgan fingerprint density at radius 2 is 1.06 bits per heavy atom. The van der Waals surface area contributed by atoms with Gasteiger partial charge in [0, 0.05) is 23.0 Å². The van der Waals surface area contributed by atoms with Gasteiger partial charge < -0.3 is 48.9 Å². The summed E-state index contributed by atoms with van der Waals surface area (Å²) in [5, 5.41) is 65.3. The van der Waals surface area contributed by atoms with Gasteiger partial charge in [0.15, 0.2) is 6.29 Å². The van der Waals surface area contributed by atoms with E-state index in [2.05, 4.69) is 39.8 Å². The van der Waals surface area contributed by atoms with Crippen LogP contribution < -0.4 is 11.3 Å². The van der Waals surface area contributed by atoms with Crippen LogP contribution in [0, 0.1) is 45.3 Å². The molecule has 12 nitrogen and oxygen atoms in total. The van der Waals surface area contributed by atoms with Crippen LogP contribution in [0.15, 0.2) is 78.5 Å². The second-order valence-corrected chi connectivity index (χ2v) is 23.4. The zero-order chi connectivity index (χ0) is 46.8. The fourth-order valence-corrected chi connectivity index (χ4v) is 17.0. The first-order valence-corrected chi connectivity index (χ1v) is 25.3. The quantitative estimate of drug-likeness (QED) is 0.169. The Bertz CT molecular complexity index is 2300. The lowest BCUT2D eigenvalue weighted by Gasteiger charge is -2.62. The van der Waals surface area contributed by atoms with Crippen molar-refractivity contribution in [2.24, 2.45) is 45.3 Å². The minimum Gasteiger partial charge on any atom is -0.431 e. The maximum absolute atomic E-state index is 12.4. The maximum Gasteiger partial charge on any atom is 0.335 e. The van der Waals surface area contributed by atoms with Crippen molar-refractivity contribution < 1.29 is 48.9 Å². The number of aliphatic hydroxyl groups is 6. The van der Waals surface area contributed by atoms with Crippen LogP contribution in [0.3, 0.4) is 0 Å². The van der Waals surface area contributed by atoms with Gasteiger partial charge in [0.05, 0.1) is 42.0 Å². The molecule has 2 aromatic heterocycles. The third kappa shape index (κ3) is 7.03. The molecule has 0 amide bonds. The highest BCUT2D eigenvalue weighted by molar-refractivity contribution is 5.33. The summed E-state index contributed by atoms with van der Waals surface area (Å²) >= 11 is 0. The summed E-state index contributed by atoms with van der Waals surface area (Å²) < 4.78 is 22.2. The van der Waals surface area contributed by atoms with Crippen LogP contribution in [0.2, 0.25) is 0 Å². The lowest BCUT2D eigenvalue weighted by molar-refractivity contribution is -0.301. The van der Waals surface area contributed by atoms with Gasteiger partial charge >= 0.3 is 11.3 Å². The molecular weight excluding hydrogens is 841 g/mol. The lowest BCUT2D eigenvalue weighted by Crippen LogP contribution is -2.60. The first-order valence-electron chi connectivity index (χ1n) is 25.3. The molecule has 19 atom stereocenters. The van der Waals surface area contributed by atoms with Crippen LogP contribution in [-0.4, -0.2) is 84.8 Å². The first kappa shape index (κ1) is 46.8. The SMILES string of the molecule is C[C@@H]1O[C@@H](O[C@@H]2C=C3CCC4C(CC[C@]5(C)[C@@H](c6ccc(=O)oc6)CC[C@]45O)[C@@]3(C)CC2)[C@H](O)[C@H](O)[C@H]1O.C[C@]12CC[C@H](O)C=C1CCC1C2CC[C@]2(C)[C@@H](c3ccc(=O)oc3)CC[C@]12O. The third-order valence-electron chi connectivity index (χ3n) is 20.9. The number of aliphatic hydroxyl groups excluding tert-OH is 4. The van der Waals surface area contributed by atoms with Gasteiger partial charge in [-0.15, -0.1) is 0 Å². The van der Waals surface area contributed by atoms with Gasteiger partial charge in [0.1, 0.15) is 18.3 Å². The van der Waals surface area contributed by atoms with E-state index in [0.717, 1.165) is 114 Å². The number of hydrogen-bond donors (Lipinski definition) is 6. The number of ether oxygens (including phenoxy) is 2. The molecule has 8 aliphatic carbocycles. The van der Waals surface area contributed by atoms with Gasteiger partial charge in [0.2, 0.25) is 0 Å². The van der Waals surface area contributed by atoms with Gasteiger partial charge in [-0.1, -0.05) is 51.0 Å². The van der Waals surface area contributed by atoms with Crippen LogP contribution in [0.5, 0.6) is 0 Å². The zero-order valence-corrected chi connectivity index (χ0v) is 39.6. The molecule has 7 fully saturated rings. The van der Waals surface area contributed by atoms with E-state index in [0.29, 0.717) is 17.8 Å². The average Bonchev–Trinajstić information content (AvgIpc) is 3.74.